The Balaban J connectivity index is 1.57. The van der Waals surface area contributed by atoms with Crippen molar-refractivity contribution in [1.82, 2.24) is 9.97 Å². The summed E-state index contributed by atoms with van der Waals surface area (Å²) >= 11 is 0. The minimum atomic E-state index is -0.970. The van der Waals surface area contributed by atoms with E-state index in [1.54, 1.807) is 21.3 Å². The number of hydrogen-bond acceptors (Lipinski definition) is 7. The van der Waals surface area contributed by atoms with Gasteiger partial charge in [-0.15, -0.1) is 0 Å². The van der Waals surface area contributed by atoms with Crippen LogP contribution in [0, 0.1) is 0 Å². The normalized spacial score (nSPS) is 20.8. The van der Waals surface area contributed by atoms with E-state index >= 15 is 0 Å². The molecule has 3 aromatic rings. The van der Waals surface area contributed by atoms with Crippen molar-refractivity contribution in [1.29, 1.82) is 0 Å². The van der Waals surface area contributed by atoms with E-state index < -0.39 is 5.60 Å². The summed E-state index contributed by atoms with van der Waals surface area (Å²) in [7, 11) is 4.89. The molecular weight excluding hydrogens is 394 g/mol. The van der Waals surface area contributed by atoms with Crippen LogP contribution >= 0.6 is 0 Å². The molecule has 0 bridgehead atoms. The molecule has 7 heteroatoms. The molecule has 5 rings (SSSR count). The Hall–Kier alpha value is -3.06. The zero-order chi connectivity index (χ0) is 21.6. The summed E-state index contributed by atoms with van der Waals surface area (Å²) < 4.78 is 16.4. The van der Waals surface area contributed by atoms with Crippen molar-refractivity contribution in [2.45, 2.75) is 30.8 Å². The van der Waals surface area contributed by atoms with Gasteiger partial charge in [-0.2, -0.15) is 0 Å². The largest absolute Gasteiger partial charge is 0.497 e. The summed E-state index contributed by atoms with van der Waals surface area (Å²) in [5.74, 6) is 4.15. The third-order valence-electron chi connectivity index (χ3n) is 6.30. The van der Waals surface area contributed by atoms with Gasteiger partial charge in [0.2, 0.25) is 0 Å². The fraction of sp³-hybridized carbons (Fsp3) is 0.417. The van der Waals surface area contributed by atoms with E-state index in [9.17, 15) is 5.11 Å². The van der Waals surface area contributed by atoms with Crippen LogP contribution in [0.15, 0.2) is 36.4 Å². The van der Waals surface area contributed by atoms with Crippen molar-refractivity contribution in [2.75, 3.05) is 39.3 Å². The number of aliphatic hydroxyl groups is 1. The van der Waals surface area contributed by atoms with E-state index in [-0.39, 0.29) is 0 Å². The number of fused-ring (bicyclic) bond motifs is 1. The summed E-state index contributed by atoms with van der Waals surface area (Å²) in [6, 6.07) is 11.5. The molecular formula is C24H27N3O4. The maximum atomic E-state index is 11.5. The Bertz CT molecular complexity index is 1130. The zero-order valence-corrected chi connectivity index (χ0v) is 18.1. The van der Waals surface area contributed by atoms with Gasteiger partial charge in [0.15, 0.2) is 11.5 Å². The molecule has 2 aromatic carbocycles. The van der Waals surface area contributed by atoms with Gasteiger partial charge < -0.3 is 24.2 Å². The number of aromatic nitrogens is 2. The Kier molecular flexibility index (Phi) is 4.85. The van der Waals surface area contributed by atoms with E-state index in [4.69, 9.17) is 24.2 Å². The van der Waals surface area contributed by atoms with Crippen molar-refractivity contribution in [3.05, 3.63) is 47.8 Å². The van der Waals surface area contributed by atoms with E-state index in [2.05, 4.69) is 4.90 Å². The minimum Gasteiger partial charge on any atom is -0.497 e. The van der Waals surface area contributed by atoms with Gasteiger partial charge in [-0.25, -0.2) is 9.97 Å². The predicted octanol–water partition coefficient (Wildman–Crippen LogP) is 3.63. The smallest absolute Gasteiger partial charge is 0.162 e. The minimum absolute atomic E-state index is 0.413. The van der Waals surface area contributed by atoms with Gasteiger partial charge in [0.05, 0.1) is 33.4 Å². The number of nitrogens with zero attached hydrogens (tertiary/aromatic N) is 3. The first kappa shape index (κ1) is 19.9. The van der Waals surface area contributed by atoms with Crippen LogP contribution in [0.25, 0.3) is 10.9 Å². The number of methoxy groups -OCH3 is 3. The van der Waals surface area contributed by atoms with Gasteiger partial charge in [0.25, 0.3) is 0 Å². The molecule has 1 atom stereocenters. The van der Waals surface area contributed by atoms with Gasteiger partial charge in [-0.1, -0.05) is 12.1 Å². The zero-order valence-electron chi connectivity index (χ0n) is 18.1. The Morgan fingerprint density at radius 3 is 2.48 bits per heavy atom. The van der Waals surface area contributed by atoms with Gasteiger partial charge in [0, 0.05) is 23.9 Å². The molecule has 1 aliphatic carbocycles. The number of ether oxygens (including phenoxy) is 3. The highest BCUT2D eigenvalue weighted by molar-refractivity contribution is 5.92. The number of rotatable bonds is 6. The van der Waals surface area contributed by atoms with Crippen LogP contribution in [0.3, 0.4) is 0 Å². The fourth-order valence-electron chi connectivity index (χ4n) is 4.34. The second-order valence-corrected chi connectivity index (χ2v) is 8.34. The molecule has 1 saturated carbocycles. The van der Waals surface area contributed by atoms with Crippen molar-refractivity contribution >= 4 is 16.7 Å². The summed E-state index contributed by atoms with van der Waals surface area (Å²) in [5.41, 5.74) is 0.720. The topological polar surface area (TPSA) is 76.9 Å². The highest BCUT2D eigenvalue weighted by Gasteiger charge is 2.39. The molecule has 7 nitrogen and oxygen atoms in total. The van der Waals surface area contributed by atoms with Crippen molar-refractivity contribution < 1.29 is 19.3 Å². The monoisotopic (exact) mass is 421 g/mol. The summed E-state index contributed by atoms with van der Waals surface area (Å²) in [6.45, 7) is 1.14. The average molecular weight is 421 g/mol. The Labute approximate surface area is 181 Å². The summed E-state index contributed by atoms with van der Waals surface area (Å²) in [4.78, 5) is 11.9. The molecule has 162 valence electrons. The van der Waals surface area contributed by atoms with Crippen molar-refractivity contribution in [2.24, 2.45) is 0 Å². The highest BCUT2D eigenvalue weighted by Crippen LogP contribution is 2.43. The van der Waals surface area contributed by atoms with E-state index in [1.807, 2.05) is 36.4 Å². The molecule has 0 amide bonds. The quantitative estimate of drug-likeness (QED) is 0.651. The molecule has 1 aliphatic heterocycles. The molecule has 2 aliphatic rings. The van der Waals surface area contributed by atoms with Gasteiger partial charge >= 0.3 is 0 Å². The fourth-order valence-corrected chi connectivity index (χ4v) is 4.34. The standard InChI is InChI=1S/C24H27N3O4/c1-29-17-6-4-5-16(11-17)24(28)9-10-27(14-24)23-18-12-20(30-2)21(31-3)13-19(18)25-22(26-23)15-7-8-15/h4-6,11-13,15,28H,7-10,14H2,1-3H3. The maximum Gasteiger partial charge on any atom is 0.162 e. The van der Waals surface area contributed by atoms with Crippen LogP contribution in [0.1, 0.15) is 36.6 Å². The lowest BCUT2D eigenvalue weighted by Gasteiger charge is -2.25. The van der Waals surface area contributed by atoms with Gasteiger partial charge in [0.1, 0.15) is 23.0 Å². The van der Waals surface area contributed by atoms with Gasteiger partial charge in [-0.05, 0) is 43.0 Å². The first-order chi connectivity index (χ1) is 15.0. The lowest BCUT2D eigenvalue weighted by Crippen LogP contribution is -2.31. The first-order valence-corrected chi connectivity index (χ1v) is 10.6. The van der Waals surface area contributed by atoms with Crippen molar-refractivity contribution in [3.8, 4) is 17.2 Å². The molecule has 1 saturated heterocycles. The van der Waals surface area contributed by atoms with Gasteiger partial charge in [-0.3, -0.25) is 0 Å². The molecule has 1 N–H and O–H groups in total. The molecule has 0 radical (unpaired) electrons. The van der Waals surface area contributed by atoms with Crippen LogP contribution in [0.2, 0.25) is 0 Å². The average Bonchev–Trinajstić information content (AvgIpc) is 3.59. The van der Waals surface area contributed by atoms with Crippen LogP contribution in [-0.2, 0) is 5.60 Å². The number of hydrogen-bond donors (Lipinski definition) is 1. The van der Waals surface area contributed by atoms with Crippen LogP contribution in [0.5, 0.6) is 17.2 Å². The number of anilines is 1. The van der Waals surface area contributed by atoms with E-state index in [1.165, 1.54) is 0 Å². The SMILES string of the molecule is COc1cccc(C2(O)CCN(c3nc(C4CC4)nc4cc(OC)c(OC)cc34)C2)c1. The predicted molar refractivity (Wildman–Crippen MR) is 118 cm³/mol. The lowest BCUT2D eigenvalue weighted by atomic mass is 9.93. The molecule has 0 spiro atoms. The number of benzene rings is 2. The molecule has 31 heavy (non-hydrogen) atoms. The Morgan fingerprint density at radius 2 is 1.77 bits per heavy atom. The molecule has 2 heterocycles. The lowest BCUT2D eigenvalue weighted by molar-refractivity contribution is 0.0604. The highest BCUT2D eigenvalue weighted by atomic mass is 16.5. The maximum absolute atomic E-state index is 11.5. The summed E-state index contributed by atoms with van der Waals surface area (Å²) in [6.07, 6.45) is 2.84. The first-order valence-electron chi connectivity index (χ1n) is 10.6. The van der Waals surface area contributed by atoms with E-state index in [0.717, 1.165) is 46.7 Å². The van der Waals surface area contributed by atoms with Crippen LogP contribution in [-0.4, -0.2) is 49.5 Å². The third-order valence-corrected chi connectivity index (χ3v) is 6.30. The Morgan fingerprint density at radius 1 is 1.00 bits per heavy atom. The molecule has 1 aromatic heterocycles. The van der Waals surface area contributed by atoms with Crippen molar-refractivity contribution in [3.63, 3.8) is 0 Å². The number of β-amino-alcohol motifs (C(OH)–C–C–N with tert-alkyl or cyclic N) is 1. The van der Waals surface area contributed by atoms with Crippen LogP contribution < -0.4 is 19.1 Å². The van der Waals surface area contributed by atoms with Crippen LogP contribution in [0.4, 0.5) is 5.82 Å². The summed E-state index contributed by atoms with van der Waals surface area (Å²) in [5, 5.41) is 12.4. The van der Waals surface area contributed by atoms with E-state index in [0.29, 0.717) is 36.9 Å². The molecule has 2 fully saturated rings. The third kappa shape index (κ3) is 3.53. The second kappa shape index (κ2) is 7.57. The molecule has 1 unspecified atom stereocenters. The second-order valence-electron chi connectivity index (χ2n) is 8.34.